The molecule has 0 aromatic heterocycles. The van der Waals surface area contributed by atoms with E-state index in [1.54, 1.807) is 9.79 Å². The lowest BCUT2D eigenvalue weighted by Crippen LogP contribution is -2.09. The Morgan fingerprint density at radius 2 is 0.947 bits per heavy atom. The van der Waals surface area contributed by atoms with Gasteiger partial charge in [-0.05, 0) is 58.4 Å². The van der Waals surface area contributed by atoms with Gasteiger partial charge in [-0.15, -0.1) is 0 Å². The van der Waals surface area contributed by atoms with Crippen LogP contribution >= 0.6 is 10.0 Å². The molecular formula is C18H22S. The van der Waals surface area contributed by atoms with E-state index >= 15 is 0 Å². The zero-order valence-corrected chi connectivity index (χ0v) is 12.2. The Labute approximate surface area is 118 Å². The van der Waals surface area contributed by atoms with Crippen LogP contribution in [0.4, 0.5) is 0 Å². The van der Waals surface area contributed by atoms with Crippen LogP contribution in [0, 0.1) is 0 Å². The van der Waals surface area contributed by atoms with Crippen LogP contribution in [-0.2, 0) is 0 Å². The van der Waals surface area contributed by atoms with Crippen LogP contribution < -0.4 is 0 Å². The van der Waals surface area contributed by atoms with Crippen molar-refractivity contribution in [1.29, 1.82) is 0 Å². The first kappa shape index (κ1) is 12.8. The van der Waals surface area contributed by atoms with Crippen LogP contribution in [0.2, 0.25) is 0 Å². The lowest BCUT2D eigenvalue weighted by molar-refractivity contribution is 0.726. The Bertz CT molecular complexity index is 454. The molecule has 0 bridgehead atoms. The Hall–Kier alpha value is -1.21. The topological polar surface area (TPSA) is 0 Å². The van der Waals surface area contributed by atoms with Gasteiger partial charge in [0.1, 0.15) is 0 Å². The molecule has 0 saturated carbocycles. The van der Waals surface area contributed by atoms with Gasteiger partial charge in [-0.1, -0.05) is 49.2 Å². The minimum atomic E-state index is -0.792. The van der Waals surface area contributed by atoms with Crippen LogP contribution in [0.15, 0.2) is 70.5 Å². The van der Waals surface area contributed by atoms with Gasteiger partial charge in [0.2, 0.25) is 0 Å². The van der Waals surface area contributed by atoms with E-state index in [2.05, 4.69) is 60.7 Å². The van der Waals surface area contributed by atoms with Crippen molar-refractivity contribution >= 4 is 10.0 Å². The van der Waals surface area contributed by atoms with Crippen molar-refractivity contribution in [2.75, 3.05) is 11.5 Å². The standard InChI is InChI=1S/C18H22S/c1-2-10-16-19(15-9-1,17-11-5-3-6-12-17)18-13-7-4-8-14-18/h3-8,11-14H,1-2,9-10,15-16H2. The molecule has 1 fully saturated rings. The molecule has 0 radical (unpaired) electrons. The minimum absolute atomic E-state index is 0.792. The van der Waals surface area contributed by atoms with E-state index in [1.807, 2.05) is 0 Å². The Morgan fingerprint density at radius 3 is 1.37 bits per heavy atom. The summed E-state index contributed by atoms with van der Waals surface area (Å²) in [5, 5.41) is 0. The molecule has 1 heteroatoms. The predicted octanol–water partition coefficient (Wildman–Crippen LogP) is 5.48. The number of hydrogen-bond acceptors (Lipinski definition) is 0. The predicted molar refractivity (Wildman–Crippen MR) is 85.2 cm³/mol. The molecule has 0 amide bonds. The summed E-state index contributed by atoms with van der Waals surface area (Å²) in [4.78, 5) is 3.17. The van der Waals surface area contributed by atoms with Crippen molar-refractivity contribution in [3.8, 4) is 0 Å². The van der Waals surface area contributed by atoms with E-state index in [-0.39, 0.29) is 0 Å². The summed E-state index contributed by atoms with van der Waals surface area (Å²) >= 11 is 0. The SMILES string of the molecule is c1ccc(S2(c3ccccc3)CCCCCC2)cc1. The molecule has 1 heterocycles. The first-order valence-electron chi connectivity index (χ1n) is 7.31. The van der Waals surface area contributed by atoms with Crippen molar-refractivity contribution in [2.45, 2.75) is 35.5 Å². The highest BCUT2D eigenvalue weighted by Crippen LogP contribution is 2.64. The molecule has 1 aliphatic heterocycles. The number of benzene rings is 2. The maximum absolute atomic E-state index is 2.35. The average Bonchev–Trinajstić information content (AvgIpc) is 2.76. The monoisotopic (exact) mass is 270 g/mol. The second-order valence-electron chi connectivity index (χ2n) is 5.33. The zero-order valence-electron chi connectivity index (χ0n) is 11.4. The third-order valence-corrected chi connectivity index (χ3v) is 8.44. The molecule has 0 nitrogen and oxygen atoms in total. The molecule has 3 rings (SSSR count). The fourth-order valence-corrected chi connectivity index (χ4v) is 7.29. The Morgan fingerprint density at radius 1 is 0.526 bits per heavy atom. The van der Waals surface area contributed by atoms with E-state index in [1.165, 1.54) is 37.2 Å². The van der Waals surface area contributed by atoms with Crippen molar-refractivity contribution in [3.63, 3.8) is 0 Å². The molecule has 0 aliphatic carbocycles. The van der Waals surface area contributed by atoms with Crippen molar-refractivity contribution in [2.24, 2.45) is 0 Å². The van der Waals surface area contributed by atoms with Crippen LogP contribution in [-0.4, -0.2) is 11.5 Å². The summed E-state index contributed by atoms with van der Waals surface area (Å²) in [5.74, 6) is 2.75. The molecule has 2 aromatic rings. The maximum atomic E-state index is 2.35. The van der Waals surface area contributed by atoms with Gasteiger partial charge in [0.05, 0.1) is 0 Å². The second kappa shape index (κ2) is 5.83. The fraction of sp³-hybridized carbons (Fsp3) is 0.333. The van der Waals surface area contributed by atoms with E-state index in [0.29, 0.717) is 0 Å². The number of rotatable bonds is 2. The van der Waals surface area contributed by atoms with Gasteiger partial charge in [-0.25, -0.2) is 0 Å². The highest BCUT2D eigenvalue weighted by molar-refractivity contribution is 8.33. The van der Waals surface area contributed by atoms with Gasteiger partial charge in [0.15, 0.2) is 0 Å². The van der Waals surface area contributed by atoms with E-state index in [9.17, 15) is 0 Å². The normalized spacial score (nSPS) is 20.4. The number of hydrogen-bond donors (Lipinski definition) is 0. The van der Waals surface area contributed by atoms with Gasteiger partial charge in [-0.3, -0.25) is 0 Å². The molecule has 0 atom stereocenters. The average molecular weight is 270 g/mol. The van der Waals surface area contributed by atoms with Crippen LogP contribution in [0.5, 0.6) is 0 Å². The molecule has 0 N–H and O–H groups in total. The highest BCUT2D eigenvalue weighted by atomic mass is 32.3. The fourth-order valence-electron chi connectivity index (χ4n) is 3.12. The van der Waals surface area contributed by atoms with Gasteiger partial charge >= 0.3 is 0 Å². The molecule has 19 heavy (non-hydrogen) atoms. The molecule has 1 aliphatic rings. The van der Waals surface area contributed by atoms with Crippen LogP contribution in [0.25, 0.3) is 0 Å². The lowest BCUT2D eigenvalue weighted by atomic mass is 10.2. The summed E-state index contributed by atoms with van der Waals surface area (Å²) in [7, 11) is -0.792. The molecular weight excluding hydrogens is 248 g/mol. The minimum Gasteiger partial charge on any atom is -0.188 e. The van der Waals surface area contributed by atoms with Crippen molar-refractivity contribution < 1.29 is 0 Å². The summed E-state index contributed by atoms with van der Waals surface area (Å²) in [6, 6.07) is 22.5. The quantitative estimate of drug-likeness (QED) is 0.677. The smallest absolute Gasteiger partial charge is 0.00592 e. The van der Waals surface area contributed by atoms with Gasteiger partial charge in [0.25, 0.3) is 0 Å². The molecule has 0 unspecified atom stereocenters. The van der Waals surface area contributed by atoms with Crippen LogP contribution in [0.3, 0.4) is 0 Å². The van der Waals surface area contributed by atoms with Crippen molar-refractivity contribution in [3.05, 3.63) is 60.7 Å². The van der Waals surface area contributed by atoms with Gasteiger partial charge in [0, 0.05) is 0 Å². The molecule has 2 aromatic carbocycles. The summed E-state index contributed by atoms with van der Waals surface area (Å²) in [6.45, 7) is 0. The highest BCUT2D eigenvalue weighted by Gasteiger charge is 2.28. The Balaban J connectivity index is 2.09. The van der Waals surface area contributed by atoms with E-state index < -0.39 is 10.0 Å². The Kier molecular flexibility index (Phi) is 3.93. The third-order valence-electron chi connectivity index (χ3n) is 4.12. The summed E-state index contributed by atoms with van der Waals surface area (Å²) in [6.07, 6.45) is 5.60. The lowest BCUT2D eigenvalue weighted by Gasteiger charge is -2.40. The molecule has 1 saturated heterocycles. The van der Waals surface area contributed by atoms with Crippen LogP contribution in [0.1, 0.15) is 25.7 Å². The molecule has 100 valence electrons. The van der Waals surface area contributed by atoms with E-state index in [4.69, 9.17) is 0 Å². The summed E-state index contributed by atoms with van der Waals surface area (Å²) in [5.41, 5.74) is 0. The van der Waals surface area contributed by atoms with Crippen molar-refractivity contribution in [1.82, 2.24) is 0 Å². The molecule has 0 spiro atoms. The first-order valence-corrected chi connectivity index (χ1v) is 9.28. The summed E-state index contributed by atoms with van der Waals surface area (Å²) < 4.78 is 0. The van der Waals surface area contributed by atoms with Gasteiger partial charge in [-0.2, -0.15) is 10.0 Å². The second-order valence-corrected chi connectivity index (χ2v) is 8.86. The largest absolute Gasteiger partial charge is 0.188 e. The first-order chi connectivity index (χ1) is 9.42. The zero-order chi connectivity index (χ0) is 13.0. The van der Waals surface area contributed by atoms with E-state index in [0.717, 1.165) is 0 Å². The van der Waals surface area contributed by atoms with Gasteiger partial charge < -0.3 is 0 Å². The third kappa shape index (κ3) is 2.57. The maximum Gasteiger partial charge on any atom is -0.00592 e.